The van der Waals surface area contributed by atoms with E-state index in [1.807, 2.05) is 0 Å². The highest BCUT2D eigenvalue weighted by molar-refractivity contribution is 5.90. The lowest BCUT2D eigenvalue weighted by Crippen LogP contribution is -2.21. The standard InChI is InChI=1S/C16H18FNO4/c1-10-13(16(20)21-2)7-11(22-10)8-18-9-15(19)12-5-3-4-6-14(12)17/h3-7,15,18-19H,8-9H2,1-2H3. The van der Waals surface area contributed by atoms with E-state index in [1.165, 1.54) is 19.2 Å². The Morgan fingerprint density at radius 2 is 2.18 bits per heavy atom. The molecule has 0 saturated heterocycles. The highest BCUT2D eigenvalue weighted by Gasteiger charge is 2.16. The van der Waals surface area contributed by atoms with Crippen molar-refractivity contribution in [3.05, 3.63) is 58.8 Å². The number of aryl methyl sites for hydroxylation is 1. The first-order valence-electron chi connectivity index (χ1n) is 6.83. The predicted molar refractivity (Wildman–Crippen MR) is 77.9 cm³/mol. The maximum absolute atomic E-state index is 13.5. The molecule has 118 valence electrons. The molecule has 2 rings (SSSR count). The van der Waals surface area contributed by atoms with E-state index in [0.717, 1.165) is 0 Å². The van der Waals surface area contributed by atoms with Crippen molar-refractivity contribution < 1.29 is 23.4 Å². The van der Waals surface area contributed by atoms with E-state index in [9.17, 15) is 14.3 Å². The normalized spacial score (nSPS) is 12.2. The van der Waals surface area contributed by atoms with Gasteiger partial charge in [-0.25, -0.2) is 9.18 Å². The number of carbonyl (C=O) groups excluding carboxylic acids is 1. The number of nitrogens with one attached hydrogen (secondary N) is 1. The molecule has 22 heavy (non-hydrogen) atoms. The van der Waals surface area contributed by atoms with Gasteiger partial charge in [-0.15, -0.1) is 0 Å². The Hall–Kier alpha value is -2.18. The van der Waals surface area contributed by atoms with Crippen LogP contribution in [0.1, 0.15) is 33.5 Å². The Labute approximate surface area is 127 Å². The van der Waals surface area contributed by atoms with Crippen LogP contribution in [0.25, 0.3) is 0 Å². The summed E-state index contributed by atoms with van der Waals surface area (Å²) in [5.41, 5.74) is 0.606. The van der Waals surface area contributed by atoms with Crippen molar-refractivity contribution in [3.63, 3.8) is 0 Å². The third kappa shape index (κ3) is 3.72. The minimum absolute atomic E-state index is 0.161. The van der Waals surface area contributed by atoms with E-state index in [1.54, 1.807) is 25.1 Å². The van der Waals surface area contributed by atoms with Crippen molar-refractivity contribution in [1.82, 2.24) is 5.32 Å². The van der Waals surface area contributed by atoms with Gasteiger partial charge in [-0.1, -0.05) is 18.2 Å². The van der Waals surface area contributed by atoms with E-state index in [0.29, 0.717) is 23.6 Å². The molecule has 1 aromatic heterocycles. The molecule has 0 aliphatic heterocycles. The number of ether oxygens (including phenoxy) is 1. The second-order valence-electron chi connectivity index (χ2n) is 4.84. The molecule has 0 bridgehead atoms. The Morgan fingerprint density at radius 1 is 1.45 bits per heavy atom. The summed E-state index contributed by atoms with van der Waals surface area (Å²) in [5.74, 6) is 0.106. The average molecular weight is 307 g/mol. The average Bonchev–Trinajstić information content (AvgIpc) is 2.87. The molecule has 0 fully saturated rings. The highest BCUT2D eigenvalue weighted by Crippen LogP contribution is 2.17. The van der Waals surface area contributed by atoms with E-state index >= 15 is 0 Å². The zero-order chi connectivity index (χ0) is 16.1. The van der Waals surface area contributed by atoms with Crippen molar-refractivity contribution >= 4 is 5.97 Å². The Bertz CT molecular complexity index is 653. The summed E-state index contributed by atoms with van der Waals surface area (Å²) in [4.78, 5) is 11.5. The zero-order valence-corrected chi connectivity index (χ0v) is 12.4. The van der Waals surface area contributed by atoms with Crippen molar-refractivity contribution in [2.45, 2.75) is 19.6 Å². The molecule has 5 nitrogen and oxygen atoms in total. The molecule has 1 atom stereocenters. The van der Waals surface area contributed by atoms with Crippen LogP contribution < -0.4 is 5.32 Å². The molecule has 1 unspecified atom stereocenters. The minimum Gasteiger partial charge on any atom is -0.465 e. The second-order valence-corrected chi connectivity index (χ2v) is 4.84. The fourth-order valence-electron chi connectivity index (χ4n) is 2.13. The van der Waals surface area contributed by atoms with Crippen LogP contribution in [0.2, 0.25) is 0 Å². The van der Waals surface area contributed by atoms with Gasteiger partial charge in [-0.3, -0.25) is 0 Å². The lowest BCUT2D eigenvalue weighted by atomic mass is 10.1. The van der Waals surface area contributed by atoms with E-state index in [2.05, 4.69) is 10.1 Å². The molecule has 0 aliphatic rings. The summed E-state index contributed by atoms with van der Waals surface area (Å²) < 4.78 is 23.6. The van der Waals surface area contributed by atoms with Crippen LogP contribution in [0.4, 0.5) is 4.39 Å². The first-order valence-corrected chi connectivity index (χ1v) is 6.83. The molecular formula is C16H18FNO4. The van der Waals surface area contributed by atoms with Gasteiger partial charge in [0.05, 0.1) is 19.8 Å². The van der Waals surface area contributed by atoms with Crippen molar-refractivity contribution in [2.24, 2.45) is 0 Å². The Kier molecular flexibility index (Phi) is 5.30. The lowest BCUT2D eigenvalue weighted by molar-refractivity contribution is 0.0599. The van der Waals surface area contributed by atoms with Gasteiger partial charge in [0.15, 0.2) is 0 Å². The number of furan rings is 1. The largest absolute Gasteiger partial charge is 0.465 e. The summed E-state index contributed by atoms with van der Waals surface area (Å²) >= 11 is 0. The van der Waals surface area contributed by atoms with Gasteiger partial charge < -0.3 is 19.6 Å². The predicted octanol–water partition coefficient (Wildman–Crippen LogP) is 2.34. The third-order valence-corrected chi connectivity index (χ3v) is 3.28. The molecule has 2 aromatic rings. The van der Waals surface area contributed by atoms with Gasteiger partial charge in [0.1, 0.15) is 22.9 Å². The lowest BCUT2D eigenvalue weighted by Gasteiger charge is -2.12. The number of rotatable bonds is 6. The van der Waals surface area contributed by atoms with Crippen LogP contribution in [-0.4, -0.2) is 24.7 Å². The van der Waals surface area contributed by atoms with Crippen molar-refractivity contribution in [1.29, 1.82) is 0 Å². The quantitative estimate of drug-likeness (QED) is 0.802. The number of hydrogen-bond donors (Lipinski definition) is 2. The number of esters is 1. The first kappa shape index (κ1) is 16.2. The molecule has 6 heteroatoms. The van der Waals surface area contributed by atoms with Crippen LogP contribution in [0.15, 0.2) is 34.7 Å². The summed E-state index contributed by atoms with van der Waals surface area (Å²) in [6, 6.07) is 7.66. The summed E-state index contributed by atoms with van der Waals surface area (Å²) in [6.07, 6.45) is -0.961. The molecule has 0 saturated carbocycles. The molecular weight excluding hydrogens is 289 g/mol. The number of hydrogen-bond acceptors (Lipinski definition) is 5. The topological polar surface area (TPSA) is 71.7 Å². The van der Waals surface area contributed by atoms with Crippen LogP contribution in [0.5, 0.6) is 0 Å². The number of benzene rings is 1. The van der Waals surface area contributed by atoms with Gasteiger partial charge in [0, 0.05) is 12.1 Å². The number of aliphatic hydroxyl groups excluding tert-OH is 1. The van der Waals surface area contributed by atoms with E-state index in [-0.39, 0.29) is 12.1 Å². The number of aliphatic hydroxyl groups is 1. The van der Waals surface area contributed by atoms with Gasteiger partial charge in [0.25, 0.3) is 0 Å². The monoisotopic (exact) mass is 307 g/mol. The third-order valence-electron chi connectivity index (χ3n) is 3.28. The SMILES string of the molecule is COC(=O)c1cc(CNCC(O)c2ccccc2F)oc1C. The van der Waals surface area contributed by atoms with E-state index in [4.69, 9.17) is 4.42 Å². The summed E-state index contributed by atoms with van der Waals surface area (Å²) in [6.45, 7) is 2.14. The van der Waals surface area contributed by atoms with Crippen molar-refractivity contribution in [3.8, 4) is 0 Å². The summed E-state index contributed by atoms with van der Waals surface area (Å²) in [7, 11) is 1.30. The molecule has 0 amide bonds. The molecule has 0 radical (unpaired) electrons. The minimum atomic E-state index is -0.961. The number of carbonyl (C=O) groups is 1. The molecule has 2 N–H and O–H groups in total. The van der Waals surface area contributed by atoms with Crippen LogP contribution >= 0.6 is 0 Å². The fraction of sp³-hybridized carbons (Fsp3) is 0.312. The second kappa shape index (κ2) is 7.20. The van der Waals surface area contributed by atoms with Crippen molar-refractivity contribution in [2.75, 3.05) is 13.7 Å². The number of methoxy groups -OCH3 is 1. The Balaban J connectivity index is 1.91. The van der Waals surface area contributed by atoms with Gasteiger partial charge in [0.2, 0.25) is 0 Å². The fourth-order valence-corrected chi connectivity index (χ4v) is 2.13. The van der Waals surface area contributed by atoms with Gasteiger partial charge in [-0.2, -0.15) is 0 Å². The van der Waals surface area contributed by atoms with Crippen LogP contribution in [0, 0.1) is 12.7 Å². The van der Waals surface area contributed by atoms with Gasteiger partial charge in [-0.05, 0) is 19.1 Å². The Morgan fingerprint density at radius 3 is 2.86 bits per heavy atom. The molecule has 1 aromatic carbocycles. The van der Waals surface area contributed by atoms with Crippen LogP contribution in [-0.2, 0) is 11.3 Å². The maximum atomic E-state index is 13.5. The molecule has 0 aliphatic carbocycles. The zero-order valence-electron chi connectivity index (χ0n) is 12.4. The first-order chi connectivity index (χ1) is 10.5. The van der Waals surface area contributed by atoms with E-state index < -0.39 is 17.9 Å². The molecule has 1 heterocycles. The maximum Gasteiger partial charge on any atom is 0.341 e. The van der Waals surface area contributed by atoms with Crippen LogP contribution in [0.3, 0.4) is 0 Å². The molecule has 0 spiro atoms. The van der Waals surface area contributed by atoms with Gasteiger partial charge >= 0.3 is 5.97 Å². The summed E-state index contributed by atoms with van der Waals surface area (Å²) in [5, 5.41) is 12.9. The highest BCUT2D eigenvalue weighted by atomic mass is 19.1. The smallest absolute Gasteiger partial charge is 0.341 e. The number of halogens is 1.